The van der Waals surface area contributed by atoms with Crippen molar-refractivity contribution >= 4 is 0 Å². The highest BCUT2D eigenvalue weighted by molar-refractivity contribution is 5.26. The molecule has 19 heavy (non-hydrogen) atoms. The molecule has 1 aliphatic rings. The smallest absolute Gasteiger partial charge is 0.0909 e. The molecule has 0 aromatic heterocycles. The summed E-state index contributed by atoms with van der Waals surface area (Å²) in [5.74, 6) is 5.73. The van der Waals surface area contributed by atoms with Gasteiger partial charge in [-0.25, -0.2) is 0 Å². The molecule has 4 heteroatoms. The van der Waals surface area contributed by atoms with Crippen LogP contribution in [-0.2, 0) is 11.2 Å². The molecule has 2 atom stereocenters. The average molecular weight is 263 g/mol. The zero-order valence-corrected chi connectivity index (χ0v) is 11.9. The summed E-state index contributed by atoms with van der Waals surface area (Å²) in [6, 6.07) is 8.75. The average Bonchev–Trinajstić information content (AvgIpc) is 2.42. The molecule has 0 spiro atoms. The van der Waals surface area contributed by atoms with Crippen molar-refractivity contribution in [3.05, 3.63) is 35.4 Å². The van der Waals surface area contributed by atoms with Crippen molar-refractivity contribution in [1.82, 2.24) is 10.3 Å². The molecule has 0 amide bonds. The standard InChI is InChI=1S/C15H25N3O/c1-3-4-12-5-7-13(8-6-12)15(17-16)14-11-18(2)9-10-19-14/h5-8,14-15,17H,3-4,9-11,16H2,1-2H3. The van der Waals surface area contributed by atoms with Crippen molar-refractivity contribution in [3.63, 3.8) is 0 Å². The summed E-state index contributed by atoms with van der Waals surface area (Å²) < 4.78 is 5.85. The van der Waals surface area contributed by atoms with Gasteiger partial charge in [0.1, 0.15) is 0 Å². The summed E-state index contributed by atoms with van der Waals surface area (Å²) in [5, 5.41) is 0. The quantitative estimate of drug-likeness (QED) is 0.624. The predicted octanol–water partition coefficient (Wildman–Crippen LogP) is 1.47. The summed E-state index contributed by atoms with van der Waals surface area (Å²) in [6.07, 6.45) is 2.42. The van der Waals surface area contributed by atoms with Gasteiger partial charge in [-0.15, -0.1) is 0 Å². The summed E-state index contributed by atoms with van der Waals surface area (Å²) in [6.45, 7) is 4.87. The zero-order chi connectivity index (χ0) is 13.7. The summed E-state index contributed by atoms with van der Waals surface area (Å²) in [7, 11) is 2.12. The molecule has 106 valence electrons. The Kier molecular flexibility index (Phi) is 5.34. The molecule has 2 rings (SSSR count). The van der Waals surface area contributed by atoms with Crippen LogP contribution in [0.1, 0.15) is 30.5 Å². The van der Waals surface area contributed by atoms with E-state index in [0.717, 1.165) is 26.1 Å². The number of nitrogens with one attached hydrogen (secondary N) is 1. The minimum Gasteiger partial charge on any atom is -0.374 e. The fourth-order valence-corrected chi connectivity index (χ4v) is 2.61. The Morgan fingerprint density at radius 2 is 2.16 bits per heavy atom. The summed E-state index contributed by atoms with van der Waals surface area (Å²) in [4.78, 5) is 2.28. The first-order chi connectivity index (χ1) is 9.24. The number of ether oxygens (including phenoxy) is 1. The van der Waals surface area contributed by atoms with Crippen LogP contribution in [0.5, 0.6) is 0 Å². The monoisotopic (exact) mass is 263 g/mol. The second-order valence-corrected chi connectivity index (χ2v) is 5.31. The lowest BCUT2D eigenvalue weighted by atomic mass is 9.98. The lowest BCUT2D eigenvalue weighted by molar-refractivity contribution is -0.0393. The number of benzene rings is 1. The van der Waals surface area contributed by atoms with Gasteiger partial charge in [-0.3, -0.25) is 11.3 Å². The van der Waals surface area contributed by atoms with Crippen LogP contribution in [0.2, 0.25) is 0 Å². The van der Waals surface area contributed by atoms with E-state index in [4.69, 9.17) is 10.6 Å². The maximum atomic E-state index is 5.85. The van der Waals surface area contributed by atoms with Crippen molar-refractivity contribution in [2.24, 2.45) is 5.84 Å². The van der Waals surface area contributed by atoms with E-state index in [2.05, 4.69) is 48.6 Å². The number of rotatable bonds is 5. The van der Waals surface area contributed by atoms with Gasteiger partial charge in [-0.1, -0.05) is 37.6 Å². The summed E-state index contributed by atoms with van der Waals surface area (Å²) >= 11 is 0. The van der Waals surface area contributed by atoms with Gasteiger partial charge in [0.25, 0.3) is 0 Å². The molecule has 0 saturated carbocycles. The van der Waals surface area contributed by atoms with Crippen LogP contribution in [0, 0.1) is 0 Å². The van der Waals surface area contributed by atoms with Crippen molar-refractivity contribution in [1.29, 1.82) is 0 Å². The van der Waals surface area contributed by atoms with E-state index in [1.165, 1.54) is 17.5 Å². The minimum absolute atomic E-state index is 0.0541. The topological polar surface area (TPSA) is 50.5 Å². The Labute approximate surface area is 115 Å². The maximum Gasteiger partial charge on any atom is 0.0909 e. The molecule has 3 N–H and O–H groups in total. The number of nitrogens with zero attached hydrogens (tertiary/aromatic N) is 1. The fraction of sp³-hybridized carbons (Fsp3) is 0.600. The SMILES string of the molecule is CCCc1ccc(C(NN)C2CN(C)CCO2)cc1. The van der Waals surface area contributed by atoms with Crippen LogP contribution in [0.4, 0.5) is 0 Å². The predicted molar refractivity (Wildman–Crippen MR) is 77.7 cm³/mol. The number of hydrazine groups is 1. The Morgan fingerprint density at radius 3 is 2.74 bits per heavy atom. The number of hydrogen-bond donors (Lipinski definition) is 2. The van der Waals surface area contributed by atoms with Crippen LogP contribution in [-0.4, -0.2) is 37.7 Å². The summed E-state index contributed by atoms with van der Waals surface area (Å²) in [5.41, 5.74) is 5.48. The molecule has 2 unspecified atom stereocenters. The Hall–Kier alpha value is -0.940. The van der Waals surface area contributed by atoms with Crippen LogP contribution in [0.3, 0.4) is 0 Å². The van der Waals surface area contributed by atoms with Gasteiger partial charge in [-0.05, 0) is 24.6 Å². The highest BCUT2D eigenvalue weighted by Crippen LogP contribution is 2.22. The van der Waals surface area contributed by atoms with E-state index in [0.29, 0.717) is 0 Å². The van der Waals surface area contributed by atoms with Crippen molar-refractivity contribution in [2.45, 2.75) is 31.9 Å². The number of hydrogen-bond acceptors (Lipinski definition) is 4. The van der Waals surface area contributed by atoms with Gasteiger partial charge in [0.2, 0.25) is 0 Å². The van der Waals surface area contributed by atoms with E-state index in [-0.39, 0.29) is 12.1 Å². The van der Waals surface area contributed by atoms with Crippen LogP contribution in [0.15, 0.2) is 24.3 Å². The molecule has 4 nitrogen and oxygen atoms in total. The Bertz CT molecular complexity index is 379. The van der Waals surface area contributed by atoms with E-state index < -0.39 is 0 Å². The zero-order valence-electron chi connectivity index (χ0n) is 11.9. The molecule has 1 aromatic carbocycles. The molecular formula is C15H25N3O. The van der Waals surface area contributed by atoms with Gasteiger partial charge in [0.05, 0.1) is 18.8 Å². The Balaban J connectivity index is 2.07. The fourth-order valence-electron chi connectivity index (χ4n) is 2.61. The van der Waals surface area contributed by atoms with Crippen molar-refractivity contribution < 1.29 is 4.74 Å². The number of likely N-dealkylation sites (N-methyl/N-ethyl adjacent to an activating group) is 1. The molecule has 0 aliphatic carbocycles. The molecule has 1 aromatic rings. The van der Waals surface area contributed by atoms with E-state index in [1.54, 1.807) is 0 Å². The van der Waals surface area contributed by atoms with Gasteiger partial charge < -0.3 is 9.64 Å². The lowest BCUT2D eigenvalue weighted by Crippen LogP contribution is -2.48. The molecule has 1 heterocycles. The van der Waals surface area contributed by atoms with Crippen molar-refractivity contribution in [3.8, 4) is 0 Å². The van der Waals surface area contributed by atoms with Gasteiger partial charge in [0, 0.05) is 13.1 Å². The lowest BCUT2D eigenvalue weighted by Gasteiger charge is -2.35. The first-order valence-corrected chi connectivity index (χ1v) is 7.09. The van der Waals surface area contributed by atoms with Crippen LogP contribution in [0.25, 0.3) is 0 Å². The van der Waals surface area contributed by atoms with Gasteiger partial charge >= 0.3 is 0 Å². The third-order valence-electron chi connectivity index (χ3n) is 3.73. The van der Waals surface area contributed by atoms with Crippen LogP contribution < -0.4 is 11.3 Å². The number of nitrogens with two attached hydrogens (primary N) is 1. The Morgan fingerprint density at radius 1 is 1.42 bits per heavy atom. The van der Waals surface area contributed by atoms with Crippen LogP contribution >= 0.6 is 0 Å². The molecular weight excluding hydrogens is 238 g/mol. The third kappa shape index (κ3) is 3.76. The van der Waals surface area contributed by atoms with E-state index in [9.17, 15) is 0 Å². The largest absolute Gasteiger partial charge is 0.374 e. The first kappa shape index (κ1) is 14.5. The second kappa shape index (κ2) is 7.01. The van der Waals surface area contributed by atoms with Crippen molar-refractivity contribution in [2.75, 3.05) is 26.7 Å². The number of aryl methyl sites for hydroxylation is 1. The van der Waals surface area contributed by atoms with Gasteiger partial charge in [0.15, 0.2) is 0 Å². The van der Waals surface area contributed by atoms with Gasteiger partial charge in [-0.2, -0.15) is 0 Å². The normalized spacial score (nSPS) is 22.4. The molecule has 0 bridgehead atoms. The number of morpholine rings is 1. The minimum atomic E-state index is 0.0541. The maximum absolute atomic E-state index is 5.85. The van der Waals surface area contributed by atoms with E-state index in [1.807, 2.05) is 0 Å². The molecule has 0 radical (unpaired) electrons. The third-order valence-corrected chi connectivity index (χ3v) is 3.73. The highest BCUT2D eigenvalue weighted by atomic mass is 16.5. The molecule has 1 fully saturated rings. The molecule has 1 saturated heterocycles. The second-order valence-electron chi connectivity index (χ2n) is 5.31. The first-order valence-electron chi connectivity index (χ1n) is 7.09. The molecule has 1 aliphatic heterocycles. The van der Waals surface area contributed by atoms with E-state index >= 15 is 0 Å². The highest BCUT2D eigenvalue weighted by Gasteiger charge is 2.27.